The van der Waals surface area contributed by atoms with Crippen molar-refractivity contribution in [2.24, 2.45) is 0 Å². The van der Waals surface area contributed by atoms with E-state index < -0.39 is 0 Å². The second-order valence-electron chi connectivity index (χ2n) is 2.42. The third-order valence-electron chi connectivity index (χ3n) is 1.92. The van der Waals surface area contributed by atoms with E-state index in [1.54, 1.807) is 0 Å². The lowest BCUT2D eigenvalue weighted by atomic mass is 10.2. The lowest BCUT2D eigenvalue weighted by Gasteiger charge is -2.14. The fourth-order valence-corrected chi connectivity index (χ4v) is 1.35. The summed E-state index contributed by atoms with van der Waals surface area (Å²) >= 11 is 0. The smallest absolute Gasteiger partial charge is 0.0978 e. The van der Waals surface area contributed by atoms with E-state index in [4.69, 9.17) is 5.26 Å². The van der Waals surface area contributed by atoms with Gasteiger partial charge in [0.15, 0.2) is 0 Å². The predicted octanol–water partition coefficient (Wildman–Crippen LogP) is 0.994. The molecule has 0 amide bonds. The lowest BCUT2D eigenvalue weighted by molar-refractivity contribution is 0.311. The van der Waals surface area contributed by atoms with Crippen LogP contribution in [0.5, 0.6) is 0 Å². The number of hydrogen-bond donors (Lipinski definition) is 0. The molecule has 9 heavy (non-hydrogen) atoms. The van der Waals surface area contributed by atoms with Crippen LogP contribution in [-0.4, -0.2) is 24.0 Å². The van der Waals surface area contributed by atoms with Crippen molar-refractivity contribution in [2.75, 3.05) is 13.1 Å². The summed E-state index contributed by atoms with van der Waals surface area (Å²) in [6.45, 7) is 4.25. The molecule has 1 heterocycles. The molecule has 0 aromatic rings. The van der Waals surface area contributed by atoms with Crippen molar-refractivity contribution >= 4 is 0 Å². The van der Waals surface area contributed by atoms with Crippen LogP contribution in [0.4, 0.5) is 0 Å². The molecule has 50 valence electrons. The molecule has 1 fully saturated rings. The molecule has 0 radical (unpaired) electrons. The zero-order valence-electron chi connectivity index (χ0n) is 5.80. The number of hydrogen-bond acceptors (Lipinski definition) is 2. The highest BCUT2D eigenvalue weighted by Gasteiger charge is 2.21. The van der Waals surface area contributed by atoms with E-state index in [9.17, 15) is 0 Å². The van der Waals surface area contributed by atoms with Gasteiger partial charge in [0.2, 0.25) is 0 Å². The van der Waals surface area contributed by atoms with Crippen molar-refractivity contribution in [3.8, 4) is 6.07 Å². The molecular formula is C7H12N2. The van der Waals surface area contributed by atoms with Crippen LogP contribution in [0.15, 0.2) is 0 Å². The Morgan fingerprint density at radius 1 is 1.78 bits per heavy atom. The molecule has 0 N–H and O–H groups in total. The molecule has 0 aromatic heterocycles. The molecule has 0 bridgehead atoms. The van der Waals surface area contributed by atoms with E-state index in [-0.39, 0.29) is 6.04 Å². The molecule has 1 atom stereocenters. The standard InChI is InChI=1S/C7H12N2/c1-2-9-5-3-4-7(9)6-8/h7H,2-5H2,1H3/t7-/m0/s1. The summed E-state index contributed by atoms with van der Waals surface area (Å²) in [6.07, 6.45) is 2.27. The van der Waals surface area contributed by atoms with Crippen molar-refractivity contribution in [3.63, 3.8) is 0 Å². The van der Waals surface area contributed by atoms with Crippen LogP contribution in [0, 0.1) is 11.3 Å². The minimum atomic E-state index is 0.218. The summed E-state index contributed by atoms with van der Waals surface area (Å²) in [5.41, 5.74) is 0. The molecule has 0 aromatic carbocycles. The Kier molecular flexibility index (Phi) is 2.07. The van der Waals surface area contributed by atoms with Gasteiger partial charge in [-0.15, -0.1) is 0 Å². The van der Waals surface area contributed by atoms with Crippen LogP contribution in [0.3, 0.4) is 0 Å². The molecule has 2 heteroatoms. The van der Waals surface area contributed by atoms with Crippen molar-refractivity contribution < 1.29 is 0 Å². The first-order valence-electron chi connectivity index (χ1n) is 3.52. The fraction of sp³-hybridized carbons (Fsp3) is 0.857. The third-order valence-corrected chi connectivity index (χ3v) is 1.92. The van der Waals surface area contributed by atoms with Crippen molar-refractivity contribution in [1.82, 2.24) is 4.90 Å². The van der Waals surface area contributed by atoms with Gasteiger partial charge >= 0.3 is 0 Å². The van der Waals surface area contributed by atoms with E-state index >= 15 is 0 Å². The van der Waals surface area contributed by atoms with E-state index in [1.807, 2.05) is 0 Å². The maximum atomic E-state index is 8.58. The molecule has 1 rings (SSSR count). The van der Waals surface area contributed by atoms with Gasteiger partial charge in [-0.05, 0) is 25.9 Å². The van der Waals surface area contributed by atoms with Gasteiger partial charge in [-0.2, -0.15) is 5.26 Å². The van der Waals surface area contributed by atoms with Gasteiger partial charge in [0.1, 0.15) is 0 Å². The van der Waals surface area contributed by atoms with Gasteiger partial charge in [0.25, 0.3) is 0 Å². The third kappa shape index (κ3) is 1.22. The topological polar surface area (TPSA) is 27.0 Å². The Labute approximate surface area is 56.1 Å². The van der Waals surface area contributed by atoms with Crippen molar-refractivity contribution in [2.45, 2.75) is 25.8 Å². The quantitative estimate of drug-likeness (QED) is 0.521. The van der Waals surface area contributed by atoms with Crippen LogP contribution >= 0.6 is 0 Å². The Hall–Kier alpha value is -0.550. The average molecular weight is 124 g/mol. The fourth-order valence-electron chi connectivity index (χ4n) is 1.35. The first-order valence-corrected chi connectivity index (χ1v) is 3.52. The summed E-state index contributed by atoms with van der Waals surface area (Å²) in [4.78, 5) is 2.22. The molecule has 1 saturated heterocycles. The van der Waals surface area contributed by atoms with Crippen LogP contribution in [0.25, 0.3) is 0 Å². The average Bonchev–Trinajstić information content (AvgIpc) is 2.33. The Balaban J connectivity index is 2.44. The van der Waals surface area contributed by atoms with Gasteiger partial charge in [0.05, 0.1) is 12.1 Å². The van der Waals surface area contributed by atoms with Gasteiger partial charge in [-0.3, -0.25) is 4.90 Å². The van der Waals surface area contributed by atoms with E-state index in [0.29, 0.717) is 0 Å². The van der Waals surface area contributed by atoms with Crippen molar-refractivity contribution in [3.05, 3.63) is 0 Å². The predicted molar refractivity (Wildman–Crippen MR) is 35.9 cm³/mol. The maximum absolute atomic E-state index is 8.58. The number of nitriles is 1. The van der Waals surface area contributed by atoms with Crippen LogP contribution < -0.4 is 0 Å². The number of rotatable bonds is 1. The first-order chi connectivity index (χ1) is 4.38. The van der Waals surface area contributed by atoms with Gasteiger partial charge in [0, 0.05) is 0 Å². The second kappa shape index (κ2) is 2.84. The van der Waals surface area contributed by atoms with Crippen molar-refractivity contribution in [1.29, 1.82) is 5.26 Å². The maximum Gasteiger partial charge on any atom is 0.0978 e. The summed E-state index contributed by atoms with van der Waals surface area (Å²) < 4.78 is 0. The number of nitrogens with zero attached hydrogens (tertiary/aromatic N) is 2. The highest BCUT2D eigenvalue weighted by molar-refractivity contribution is 4.95. The zero-order chi connectivity index (χ0) is 6.69. The van der Waals surface area contributed by atoms with E-state index in [2.05, 4.69) is 17.9 Å². The minimum Gasteiger partial charge on any atom is -0.288 e. The highest BCUT2D eigenvalue weighted by Crippen LogP contribution is 2.14. The Morgan fingerprint density at radius 3 is 3.00 bits per heavy atom. The van der Waals surface area contributed by atoms with Crippen LogP contribution in [0.1, 0.15) is 19.8 Å². The Morgan fingerprint density at radius 2 is 2.56 bits per heavy atom. The molecule has 0 aliphatic carbocycles. The largest absolute Gasteiger partial charge is 0.288 e. The summed E-state index contributed by atoms with van der Waals surface area (Å²) in [7, 11) is 0. The lowest BCUT2D eigenvalue weighted by Crippen LogP contribution is -2.27. The molecule has 0 unspecified atom stereocenters. The highest BCUT2D eigenvalue weighted by atomic mass is 15.2. The van der Waals surface area contributed by atoms with E-state index in [1.165, 1.54) is 6.42 Å². The van der Waals surface area contributed by atoms with Crippen LogP contribution in [-0.2, 0) is 0 Å². The van der Waals surface area contributed by atoms with Crippen LogP contribution in [0.2, 0.25) is 0 Å². The molecule has 0 saturated carbocycles. The Bertz CT molecular complexity index is 125. The zero-order valence-corrected chi connectivity index (χ0v) is 5.80. The molecular weight excluding hydrogens is 112 g/mol. The molecule has 2 nitrogen and oxygen atoms in total. The summed E-state index contributed by atoms with van der Waals surface area (Å²) in [5.74, 6) is 0. The van der Waals surface area contributed by atoms with Gasteiger partial charge in [-0.1, -0.05) is 6.92 Å². The second-order valence-corrected chi connectivity index (χ2v) is 2.42. The number of likely N-dealkylation sites (tertiary alicyclic amines) is 1. The SMILES string of the molecule is CCN1CCC[C@H]1C#N. The van der Waals surface area contributed by atoms with Gasteiger partial charge in [-0.25, -0.2) is 0 Å². The van der Waals surface area contributed by atoms with Gasteiger partial charge < -0.3 is 0 Å². The first kappa shape index (κ1) is 6.57. The molecule has 0 spiro atoms. The van der Waals surface area contributed by atoms with E-state index in [0.717, 1.165) is 19.5 Å². The summed E-state index contributed by atoms with van der Waals surface area (Å²) in [5, 5.41) is 8.58. The molecule has 1 aliphatic rings. The molecule has 1 aliphatic heterocycles. The summed E-state index contributed by atoms with van der Waals surface area (Å²) in [6, 6.07) is 2.51. The monoisotopic (exact) mass is 124 g/mol. The normalized spacial score (nSPS) is 28.2. The minimum absolute atomic E-state index is 0.218.